The fourth-order valence-electron chi connectivity index (χ4n) is 3.87. The number of piperazine rings is 1. The zero-order valence-electron chi connectivity index (χ0n) is 17.2. The molecule has 2 saturated heterocycles. The van der Waals surface area contributed by atoms with Crippen LogP contribution in [-0.4, -0.2) is 78.4 Å². The summed E-state index contributed by atoms with van der Waals surface area (Å²) in [6.45, 7) is 8.85. The molecule has 0 aromatic heterocycles. The Hall–Kier alpha value is -2.08. The van der Waals surface area contributed by atoms with Gasteiger partial charge in [0.1, 0.15) is 5.75 Å². The summed E-state index contributed by atoms with van der Waals surface area (Å²) in [4.78, 5) is 31.3. The summed E-state index contributed by atoms with van der Waals surface area (Å²) in [6.07, 6.45) is 4.19. The van der Waals surface area contributed by atoms with Crippen molar-refractivity contribution in [3.05, 3.63) is 29.8 Å². The molecule has 1 atom stereocenters. The van der Waals surface area contributed by atoms with Gasteiger partial charge in [-0.3, -0.25) is 14.5 Å². The number of benzene rings is 1. The first-order valence-corrected chi connectivity index (χ1v) is 10.5. The van der Waals surface area contributed by atoms with Crippen molar-refractivity contribution in [3.63, 3.8) is 0 Å². The Morgan fingerprint density at radius 2 is 1.50 bits per heavy atom. The highest BCUT2D eigenvalue weighted by molar-refractivity contribution is 5.81. The number of carbonyl (C=O) groups is 2. The van der Waals surface area contributed by atoms with Crippen LogP contribution < -0.4 is 4.74 Å². The molecule has 0 bridgehead atoms. The highest BCUT2D eigenvalue weighted by Gasteiger charge is 2.27. The molecule has 154 valence electrons. The third-order valence-corrected chi connectivity index (χ3v) is 5.68. The zero-order valence-corrected chi connectivity index (χ0v) is 17.2. The summed E-state index contributed by atoms with van der Waals surface area (Å²) in [5.74, 6) is 0.963. The minimum atomic E-state index is -0.506. The van der Waals surface area contributed by atoms with E-state index in [4.69, 9.17) is 4.74 Å². The lowest BCUT2D eigenvalue weighted by atomic mass is 10.2. The molecule has 1 unspecified atom stereocenters. The lowest BCUT2D eigenvalue weighted by Gasteiger charge is -2.36. The Balaban J connectivity index is 1.43. The molecule has 2 fully saturated rings. The van der Waals surface area contributed by atoms with Crippen molar-refractivity contribution in [2.24, 2.45) is 0 Å². The Morgan fingerprint density at radius 1 is 0.893 bits per heavy atom. The van der Waals surface area contributed by atoms with Crippen LogP contribution in [0, 0.1) is 6.92 Å². The second-order valence-corrected chi connectivity index (χ2v) is 7.97. The topological polar surface area (TPSA) is 53.1 Å². The number of hydrogen-bond acceptors (Lipinski definition) is 4. The van der Waals surface area contributed by atoms with Crippen molar-refractivity contribution in [2.75, 3.05) is 45.8 Å². The van der Waals surface area contributed by atoms with Crippen molar-refractivity contribution in [1.82, 2.24) is 14.7 Å². The van der Waals surface area contributed by atoms with E-state index in [1.807, 2.05) is 41.0 Å². The van der Waals surface area contributed by atoms with Crippen molar-refractivity contribution in [3.8, 4) is 5.75 Å². The van der Waals surface area contributed by atoms with Crippen LogP contribution in [0.4, 0.5) is 0 Å². The predicted molar refractivity (Wildman–Crippen MR) is 109 cm³/mol. The standard InChI is InChI=1S/C22H33N3O3/c1-18-7-9-20(10-8-18)28-19(2)22(27)25-15-13-23(14-16-25)17-21(26)24-11-5-3-4-6-12-24/h7-10,19H,3-6,11-17H2,1-2H3. The van der Waals surface area contributed by atoms with Gasteiger partial charge >= 0.3 is 0 Å². The van der Waals surface area contributed by atoms with Crippen molar-refractivity contribution in [1.29, 1.82) is 0 Å². The summed E-state index contributed by atoms with van der Waals surface area (Å²) in [6, 6.07) is 7.75. The molecule has 0 N–H and O–H groups in total. The summed E-state index contributed by atoms with van der Waals surface area (Å²) in [5.41, 5.74) is 1.16. The molecule has 2 aliphatic heterocycles. The number of rotatable bonds is 5. The SMILES string of the molecule is Cc1ccc(OC(C)C(=O)N2CCN(CC(=O)N3CCCCCC3)CC2)cc1. The van der Waals surface area contributed by atoms with Gasteiger partial charge in [0.2, 0.25) is 5.91 Å². The van der Waals surface area contributed by atoms with Gasteiger partial charge in [-0.1, -0.05) is 30.5 Å². The first-order valence-electron chi connectivity index (χ1n) is 10.5. The van der Waals surface area contributed by atoms with Crippen molar-refractivity contribution >= 4 is 11.8 Å². The maximum Gasteiger partial charge on any atom is 0.263 e. The van der Waals surface area contributed by atoms with Gasteiger partial charge in [-0.25, -0.2) is 0 Å². The number of carbonyl (C=O) groups excluding carboxylic acids is 2. The van der Waals surface area contributed by atoms with E-state index in [0.717, 1.165) is 44.6 Å². The maximum absolute atomic E-state index is 12.7. The summed E-state index contributed by atoms with van der Waals surface area (Å²) >= 11 is 0. The van der Waals surface area contributed by atoms with Gasteiger partial charge in [-0.2, -0.15) is 0 Å². The van der Waals surface area contributed by atoms with E-state index in [1.54, 1.807) is 6.92 Å². The highest BCUT2D eigenvalue weighted by atomic mass is 16.5. The molecule has 0 spiro atoms. The first-order chi connectivity index (χ1) is 13.5. The fourth-order valence-corrected chi connectivity index (χ4v) is 3.87. The highest BCUT2D eigenvalue weighted by Crippen LogP contribution is 2.15. The molecule has 2 aliphatic rings. The van der Waals surface area contributed by atoms with E-state index >= 15 is 0 Å². The first kappa shape index (κ1) is 20.6. The van der Waals surface area contributed by atoms with E-state index in [2.05, 4.69) is 4.90 Å². The third-order valence-electron chi connectivity index (χ3n) is 5.68. The van der Waals surface area contributed by atoms with Gasteiger partial charge in [0.15, 0.2) is 6.10 Å². The van der Waals surface area contributed by atoms with E-state index < -0.39 is 6.10 Å². The summed E-state index contributed by atoms with van der Waals surface area (Å²) in [5, 5.41) is 0. The van der Waals surface area contributed by atoms with E-state index in [9.17, 15) is 9.59 Å². The molecule has 3 rings (SSSR count). The smallest absolute Gasteiger partial charge is 0.263 e. The van der Waals surface area contributed by atoms with Crippen LogP contribution in [0.25, 0.3) is 0 Å². The molecular weight excluding hydrogens is 354 g/mol. The van der Waals surface area contributed by atoms with Crippen LogP contribution in [0.5, 0.6) is 5.75 Å². The summed E-state index contributed by atoms with van der Waals surface area (Å²) < 4.78 is 5.80. The Kier molecular flexibility index (Phi) is 7.31. The van der Waals surface area contributed by atoms with Gasteiger partial charge in [0.25, 0.3) is 5.91 Å². The number of hydrogen-bond donors (Lipinski definition) is 0. The number of likely N-dealkylation sites (tertiary alicyclic amines) is 1. The number of aryl methyl sites for hydroxylation is 1. The normalized spacial score (nSPS) is 19.8. The maximum atomic E-state index is 12.7. The molecule has 6 nitrogen and oxygen atoms in total. The predicted octanol–water partition coefficient (Wildman–Crippen LogP) is 2.31. The summed E-state index contributed by atoms with van der Waals surface area (Å²) in [7, 11) is 0. The Morgan fingerprint density at radius 3 is 2.11 bits per heavy atom. The molecule has 2 amide bonds. The average molecular weight is 388 g/mol. The van der Waals surface area contributed by atoms with Crippen molar-refractivity contribution in [2.45, 2.75) is 45.6 Å². The molecule has 1 aromatic carbocycles. The van der Waals surface area contributed by atoms with Crippen molar-refractivity contribution < 1.29 is 14.3 Å². The largest absolute Gasteiger partial charge is 0.481 e. The average Bonchev–Trinajstić information content (AvgIpc) is 2.99. The van der Waals surface area contributed by atoms with Crippen LogP contribution in [0.3, 0.4) is 0 Å². The van der Waals surface area contributed by atoms with Crippen LogP contribution >= 0.6 is 0 Å². The molecule has 0 radical (unpaired) electrons. The fraction of sp³-hybridized carbons (Fsp3) is 0.636. The second kappa shape index (κ2) is 9.92. The molecule has 0 aliphatic carbocycles. The molecular formula is C22H33N3O3. The van der Waals surface area contributed by atoms with Gasteiger partial charge in [0, 0.05) is 39.3 Å². The minimum absolute atomic E-state index is 0.0130. The van der Waals surface area contributed by atoms with Crippen LogP contribution in [0.15, 0.2) is 24.3 Å². The second-order valence-electron chi connectivity index (χ2n) is 7.97. The molecule has 1 aromatic rings. The zero-order chi connectivity index (χ0) is 19.9. The quantitative estimate of drug-likeness (QED) is 0.778. The Bertz CT molecular complexity index is 645. The van der Waals surface area contributed by atoms with Gasteiger partial charge < -0.3 is 14.5 Å². The molecule has 6 heteroatoms. The third kappa shape index (κ3) is 5.71. The minimum Gasteiger partial charge on any atom is -0.481 e. The number of ether oxygens (including phenoxy) is 1. The van der Waals surface area contributed by atoms with Crippen LogP contribution in [-0.2, 0) is 9.59 Å². The molecule has 0 saturated carbocycles. The molecule has 2 heterocycles. The number of nitrogens with zero attached hydrogens (tertiary/aromatic N) is 3. The number of amides is 2. The van der Waals surface area contributed by atoms with E-state index in [1.165, 1.54) is 12.8 Å². The lowest BCUT2D eigenvalue weighted by molar-refractivity contribution is -0.140. The van der Waals surface area contributed by atoms with Crippen LogP contribution in [0.1, 0.15) is 38.2 Å². The Labute approximate surface area is 168 Å². The monoisotopic (exact) mass is 387 g/mol. The van der Waals surface area contributed by atoms with E-state index in [0.29, 0.717) is 25.4 Å². The van der Waals surface area contributed by atoms with Gasteiger partial charge in [-0.15, -0.1) is 0 Å². The van der Waals surface area contributed by atoms with Crippen LogP contribution in [0.2, 0.25) is 0 Å². The van der Waals surface area contributed by atoms with Gasteiger partial charge in [0.05, 0.1) is 6.54 Å². The molecule has 28 heavy (non-hydrogen) atoms. The van der Waals surface area contributed by atoms with Gasteiger partial charge in [-0.05, 0) is 38.8 Å². The lowest BCUT2D eigenvalue weighted by Crippen LogP contribution is -2.53. The van der Waals surface area contributed by atoms with E-state index in [-0.39, 0.29) is 11.8 Å².